The molecular formula is C14H18ClNO3. The van der Waals surface area contributed by atoms with E-state index in [1.807, 2.05) is 12.1 Å². The number of aliphatic hydroxyl groups is 1. The smallest absolute Gasteiger partial charge is 0.325 e. The van der Waals surface area contributed by atoms with Crippen LogP contribution < -0.4 is 5.32 Å². The predicted molar refractivity (Wildman–Crippen MR) is 72.9 cm³/mol. The standard InChI is InChI=1S/C14H18ClNO3/c1-14(13(18)19-2)7-10(8-17)12(16-14)9-3-5-11(15)6-4-9/h3-6,10,12,16-17H,7-8H2,1-2H3/t10-,12+,14+/m1/s1. The molecule has 4 nitrogen and oxygen atoms in total. The van der Waals surface area contributed by atoms with E-state index in [0.29, 0.717) is 11.4 Å². The minimum absolute atomic E-state index is 0.0207. The van der Waals surface area contributed by atoms with Crippen molar-refractivity contribution in [2.45, 2.75) is 24.9 Å². The number of nitrogens with one attached hydrogen (secondary N) is 1. The molecule has 0 radical (unpaired) electrons. The van der Waals surface area contributed by atoms with Crippen LogP contribution in [0, 0.1) is 5.92 Å². The molecule has 1 saturated heterocycles. The van der Waals surface area contributed by atoms with Gasteiger partial charge in [-0.2, -0.15) is 0 Å². The van der Waals surface area contributed by atoms with Gasteiger partial charge in [-0.1, -0.05) is 23.7 Å². The second kappa shape index (κ2) is 5.49. The quantitative estimate of drug-likeness (QED) is 0.832. The van der Waals surface area contributed by atoms with E-state index in [-0.39, 0.29) is 24.5 Å². The molecule has 0 amide bonds. The molecule has 0 aliphatic carbocycles. The molecular weight excluding hydrogens is 266 g/mol. The Morgan fingerprint density at radius 3 is 2.68 bits per heavy atom. The van der Waals surface area contributed by atoms with Gasteiger partial charge in [-0.15, -0.1) is 0 Å². The summed E-state index contributed by atoms with van der Waals surface area (Å²) >= 11 is 5.87. The number of aliphatic hydroxyl groups excluding tert-OH is 1. The number of ether oxygens (including phenoxy) is 1. The van der Waals surface area contributed by atoms with Crippen molar-refractivity contribution in [3.63, 3.8) is 0 Å². The number of halogens is 1. The zero-order chi connectivity index (χ0) is 14.0. The van der Waals surface area contributed by atoms with Gasteiger partial charge >= 0.3 is 5.97 Å². The summed E-state index contributed by atoms with van der Waals surface area (Å²) < 4.78 is 4.83. The molecule has 0 bridgehead atoms. The third kappa shape index (κ3) is 2.76. The van der Waals surface area contributed by atoms with E-state index in [1.165, 1.54) is 7.11 Å². The van der Waals surface area contributed by atoms with Gasteiger partial charge in [-0.25, -0.2) is 0 Å². The van der Waals surface area contributed by atoms with Gasteiger partial charge in [0.1, 0.15) is 5.54 Å². The Kier molecular flexibility index (Phi) is 4.13. The number of rotatable bonds is 3. The van der Waals surface area contributed by atoms with Gasteiger partial charge in [-0.05, 0) is 31.0 Å². The SMILES string of the molecule is COC(=O)[C@]1(C)C[C@H](CO)[C@H](c2ccc(Cl)cc2)N1. The Labute approximate surface area is 117 Å². The molecule has 0 saturated carbocycles. The van der Waals surface area contributed by atoms with Crippen LogP contribution in [0.25, 0.3) is 0 Å². The van der Waals surface area contributed by atoms with Crippen molar-refractivity contribution in [2.24, 2.45) is 5.92 Å². The lowest BCUT2D eigenvalue weighted by molar-refractivity contribution is -0.147. The largest absolute Gasteiger partial charge is 0.468 e. The first-order chi connectivity index (χ1) is 9.00. The van der Waals surface area contributed by atoms with E-state index in [2.05, 4.69) is 5.32 Å². The second-order valence-corrected chi connectivity index (χ2v) is 5.58. The summed E-state index contributed by atoms with van der Waals surface area (Å²) in [5.41, 5.74) is 0.253. The first-order valence-corrected chi connectivity index (χ1v) is 6.60. The summed E-state index contributed by atoms with van der Waals surface area (Å²) in [6.07, 6.45) is 0.545. The minimum atomic E-state index is -0.757. The number of hydrogen-bond acceptors (Lipinski definition) is 4. The molecule has 0 aromatic heterocycles. The highest BCUT2D eigenvalue weighted by atomic mass is 35.5. The normalized spacial score (nSPS) is 30.3. The Hall–Kier alpha value is -1.10. The molecule has 104 valence electrons. The fraction of sp³-hybridized carbons (Fsp3) is 0.500. The van der Waals surface area contributed by atoms with Crippen LogP contribution in [0.5, 0.6) is 0 Å². The minimum Gasteiger partial charge on any atom is -0.468 e. The van der Waals surface area contributed by atoms with Crippen molar-refractivity contribution < 1.29 is 14.6 Å². The summed E-state index contributed by atoms with van der Waals surface area (Å²) in [6.45, 7) is 1.82. The molecule has 1 aliphatic heterocycles. The highest BCUT2D eigenvalue weighted by Crippen LogP contribution is 2.38. The summed E-state index contributed by atoms with van der Waals surface area (Å²) in [5.74, 6) is -0.326. The molecule has 0 spiro atoms. The van der Waals surface area contributed by atoms with Crippen LogP contribution in [0.1, 0.15) is 24.9 Å². The van der Waals surface area contributed by atoms with E-state index in [1.54, 1.807) is 19.1 Å². The predicted octanol–water partition coefficient (Wildman–Crippen LogP) is 1.91. The van der Waals surface area contributed by atoms with Gasteiger partial charge < -0.3 is 9.84 Å². The lowest BCUT2D eigenvalue weighted by Gasteiger charge is -2.22. The molecule has 0 unspecified atom stereocenters. The van der Waals surface area contributed by atoms with Crippen molar-refractivity contribution in [2.75, 3.05) is 13.7 Å². The molecule has 1 heterocycles. The number of carbonyl (C=O) groups excluding carboxylic acids is 1. The number of carbonyl (C=O) groups is 1. The fourth-order valence-corrected chi connectivity index (χ4v) is 2.85. The molecule has 1 aromatic carbocycles. The van der Waals surface area contributed by atoms with Gasteiger partial charge in [0.15, 0.2) is 0 Å². The topological polar surface area (TPSA) is 58.6 Å². The van der Waals surface area contributed by atoms with Crippen molar-refractivity contribution in [3.8, 4) is 0 Å². The zero-order valence-corrected chi connectivity index (χ0v) is 11.8. The average Bonchev–Trinajstić information content (AvgIpc) is 2.77. The van der Waals surface area contributed by atoms with Crippen LogP contribution in [0.15, 0.2) is 24.3 Å². The molecule has 19 heavy (non-hydrogen) atoms. The number of benzene rings is 1. The van der Waals surface area contributed by atoms with Crippen LogP contribution in [0.3, 0.4) is 0 Å². The van der Waals surface area contributed by atoms with Gasteiger partial charge in [0.2, 0.25) is 0 Å². The van der Waals surface area contributed by atoms with E-state index < -0.39 is 5.54 Å². The lowest BCUT2D eigenvalue weighted by atomic mass is 9.91. The monoisotopic (exact) mass is 283 g/mol. The van der Waals surface area contributed by atoms with Crippen LogP contribution >= 0.6 is 11.6 Å². The third-order valence-electron chi connectivity index (χ3n) is 3.72. The third-order valence-corrected chi connectivity index (χ3v) is 3.97. The lowest BCUT2D eigenvalue weighted by Crippen LogP contribution is -2.45. The fourth-order valence-electron chi connectivity index (χ4n) is 2.73. The van der Waals surface area contributed by atoms with Crippen LogP contribution in [0.2, 0.25) is 5.02 Å². The summed E-state index contributed by atoms with van der Waals surface area (Å²) in [7, 11) is 1.37. The second-order valence-electron chi connectivity index (χ2n) is 5.14. The molecule has 5 heteroatoms. The number of methoxy groups -OCH3 is 1. The number of hydrogen-bond donors (Lipinski definition) is 2. The molecule has 1 aromatic rings. The average molecular weight is 284 g/mol. The van der Waals surface area contributed by atoms with Gasteiger partial charge in [-0.3, -0.25) is 10.1 Å². The van der Waals surface area contributed by atoms with Crippen molar-refractivity contribution in [3.05, 3.63) is 34.9 Å². The Morgan fingerprint density at radius 2 is 2.16 bits per heavy atom. The highest BCUT2D eigenvalue weighted by Gasteiger charge is 2.47. The van der Waals surface area contributed by atoms with E-state index in [4.69, 9.17) is 16.3 Å². The molecule has 2 N–H and O–H groups in total. The maximum atomic E-state index is 11.8. The maximum absolute atomic E-state index is 11.8. The Morgan fingerprint density at radius 1 is 1.53 bits per heavy atom. The zero-order valence-electron chi connectivity index (χ0n) is 11.0. The van der Waals surface area contributed by atoms with Crippen LogP contribution in [-0.4, -0.2) is 30.3 Å². The van der Waals surface area contributed by atoms with Crippen molar-refractivity contribution >= 4 is 17.6 Å². The maximum Gasteiger partial charge on any atom is 0.325 e. The van der Waals surface area contributed by atoms with Gasteiger partial charge in [0.05, 0.1) is 7.11 Å². The van der Waals surface area contributed by atoms with E-state index >= 15 is 0 Å². The van der Waals surface area contributed by atoms with E-state index in [0.717, 1.165) is 5.56 Å². The van der Waals surface area contributed by atoms with E-state index in [9.17, 15) is 9.90 Å². The summed E-state index contributed by atoms with van der Waals surface area (Å²) in [6, 6.07) is 7.35. The highest BCUT2D eigenvalue weighted by molar-refractivity contribution is 6.30. The molecule has 1 aliphatic rings. The summed E-state index contributed by atoms with van der Waals surface area (Å²) in [4.78, 5) is 11.8. The number of esters is 1. The summed E-state index contributed by atoms with van der Waals surface area (Å²) in [5, 5.41) is 13.5. The van der Waals surface area contributed by atoms with Crippen LogP contribution in [0.4, 0.5) is 0 Å². The first kappa shape index (κ1) is 14.3. The molecule has 3 atom stereocenters. The van der Waals surface area contributed by atoms with Gasteiger partial charge in [0, 0.05) is 23.6 Å². The molecule has 1 fully saturated rings. The van der Waals surface area contributed by atoms with Gasteiger partial charge in [0.25, 0.3) is 0 Å². The Bertz CT molecular complexity index is 462. The Balaban J connectivity index is 2.25. The van der Waals surface area contributed by atoms with Crippen molar-refractivity contribution in [1.29, 1.82) is 0 Å². The van der Waals surface area contributed by atoms with Crippen molar-refractivity contribution in [1.82, 2.24) is 5.32 Å². The molecule has 2 rings (SSSR count). The first-order valence-electron chi connectivity index (χ1n) is 6.22. The van der Waals surface area contributed by atoms with Crippen LogP contribution in [-0.2, 0) is 9.53 Å².